The van der Waals surface area contributed by atoms with Gasteiger partial charge in [0.1, 0.15) is 5.76 Å². The van der Waals surface area contributed by atoms with E-state index in [-0.39, 0.29) is 5.41 Å². The van der Waals surface area contributed by atoms with Crippen molar-refractivity contribution in [2.45, 2.75) is 58.0 Å². The minimum absolute atomic E-state index is 0.212. The molecule has 4 aliphatic carbocycles. The van der Waals surface area contributed by atoms with Crippen molar-refractivity contribution in [3.8, 4) is 0 Å². The summed E-state index contributed by atoms with van der Waals surface area (Å²) in [6.45, 7) is 5.00. The van der Waals surface area contributed by atoms with Crippen molar-refractivity contribution in [1.82, 2.24) is 10.6 Å². The summed E-state index contributed by atoms with van der Waals surface area (Å²) in [6, 6.07) is 1.25. The van der Waals surface area contributed by atoms with Crippen LogP contribution in [0, 0.1) is 34.5 Å². The van der Waals surface area contributed by atoms with Crippen LogP contribution in [0.2, 0.25) is 0 Å². The smallest absolute Gasteiger partial charge is 0.111 e. The summed E-state index contributed by atoms with van der Waals surface area (Å²) >= 11 is 0. The molecule has 0 radical (unpaired) electrons. The van der Waals surface area contributed by atoms with E-state index in [0.717, 1.165) is 24.2 Å². The van der Waals surface area contributed by atoms with Gasteiger partial charge in [0.15, 0.2) is 0 Å². The molecule has 3 saturated carbocycles. The highest BCUT2D eigenvalue weighted by Gasteiger charge is 2.61. The van der Waals surface area contributed by atoms with E-state index in [0.29, 0.717) is 29.2 Å². The molecule has 8 atom stereocenters. The summed E-state index contributed by atoms with van der Waals surface area (Å²) in [5, 5.41) is 17.3. The zero-order chi connectivity index (χ0) is 17.1. The molecule has 0 aliphatic heterocycles. The van der Waals surface area contributed by atoms with E-state index in [4.69, 9.17) is 0 Å². The lowest BCUT2D eigenvalue weighted by Crippen LogP contribution is -2.60. The maximum Gasteiger partial charge on any atom is 0.111 e. The molecule has 0 amide bonds. The number of allylic oxidation sites excluding steroid dienone is 3. The van der Waals surface area contributed by atoms with Crippen LogP contribution in [0.15, 0.2) is 24.0 Å². The van der Waals surface area contributed by atoms with E-state index >= 15 is 0 Å². The number of fused-ring (bicyclic) bond motifs is 5. The lowest BCUT2D eigenvalue weighted by molar-refractivity contribution is -0.0774. The van der Waals surface area contributed by atoms with Crippen LogP contribution in [0.1, 0.15) is 46.0 Å². The number of aliphatic hydroxyl groups excluding tert-OH is 1. The standard InChI is InChI=1S/C21H34N2O/c1-20-9-7-14(24)11-13(20)12-17(22-3)19-15-5-6-18(23-4)21(15,2)10-8-16(19)20/h7,9,11,13,15-19,22-24H,5-6,8,10,12H2,1-4H3/t13?,15-,16+,17?,18?,19-,20-,21-/m0/s1. The topological polar surface area (TPSA) is 44.3 Å². The highest BCUT2D eigenvalue weighted by molar-refractivity contribution is 5.28. The summed E-state index contributed by atoms with van der Waals surface area (Å²) < 4.78 is 0. The summed E-state index contributed by atoms with van der Waals surface area (Å²) in [4.78, 5) is 0. The van der Waals surface area contributed by atoms with Crippen LogP contribution in [0.3, 0.4) is 0 Å². The van der Waals surface area contributed by atoms with Gasteiger partial charge in [0.2, 0.25) is 0 Å². The molecule has 0 aromatic heterocycles. The zero-order valence-corrected chi connectivity index (χ0v) is 15.7. The summed E-state index contributed by atoms with van der Waals surface area (Å²) in [7, 11) is 4.29. The molecule has 3 unspecified atom stereocenters. The molecule has 3 heteroatoms. The van der Waals surface area contributed by atoms with E-state index in [1.54, 1.807) is 0 Å². The molecule has 24 heavy (non-hydrogen) atoms. The Kier molecular flexibility index (Phi) is 3.89. The van der Waals surface area contributed by atoms with Gasteiger partial charge in [-0.05, 0) is 92.9 Å². The van der Waals surface area contributed by atoms with Gasteiger partial charge in [-0.2, -0.15) is 0 Å². The fourth-order valence-electron chi connectivity index (χ4n) is 7.25. The van der Waals surface area contributed by atoms with Gasteiger partial charge >= 0.3 is 0 Å². The Morgan fingerprint density at radius 3 is 2.58 bits per heavy atom. The van der Waals surface area contributed by atoms with Crippen LogP contribution >= 0.6 is 0 Å². The molecule has 0 aromatic rings. The van der Waals surface area contributed by atoms with Crippen molar-refractivity contribution in [2.24, 2.45) is 34.5 Å². The first-order valence-corrected chi connectivity index (χ1v) is 9.88. The number of hydrogen-bond acceptors (Lipinski definition) is 3. The Labute approximate surface area is 147 Å². The van der Waals surface area contributed by atoms with Crippen LogP contribution in [0.25, 0.3) is 0 Å². The first kappa shape index (κ1) is 16.7. The minimum Gasteiger partial charge on any atom is -0.508 e. The molecule has 0 saturated heterocycles. The molecule has 0 heterocycles. The lowest BCUT2D eigenvalue weighted by atomic mass is 9.45. The number of aliphatic hydroxyl groups is 1. The van der Waals surface area contributed by atoms with Crippen molar-refractivity contribution in [3.05, 3.63) is 24.0 Å². The van der Waals surface area contributed by atoms with E-state index in [1.807, 2.05) is 6.08 Å². The third kappa shape index (κ3) is 2.10. The van der Waals surface area contributed by atoms with Crippen molar-refractivity contribution in [1.29, 1.82) is 0 Å². The van der Waals surface area contributed by atoms with Crippen LogP contribution in [-0.2, 0) is 0 Å². The predicted molar refractivity (Wildman–Crippen MR) is 98.8 cm³/mol. The Morgan fingerprint density at radius 2 is 1.88 bits per heavy atom. The number of hydrogen-bond donors (Lipinski definition) is 3. The van der Waals surface area contributed by atoms with Gasteiger partial charge < -0.3 is 15.7 Å². The van der Waals surface area contributed by atoms with E-state index in [2.05, 4.69) is 50.7 Å². The van der Waals surface area contributed by atoms with E-state index in [9.17, 15) is 5.11 Å². The second-order valence-corrected chi connectivity index (χ2v) is 9.28. The van der Waals surface area contributed by atoms with Gasteiger partial charge in [-0.3, -0.25) is 0 Å². The highest BCUT2D eigenvalue weighted by atomic mass is 16.3. The molecule has 3 fully saturated rings. The van der Waals surface area contributed by atoms with Crippen molar-refractivity contribution < 1.29 is 5.11 Å². The summed E-state index contributed by atoms with van der Waals surface area (Å²) in [5.74, 6) is 3.22. The average molecular weight is 331 g/mol. The molecular weight excluding hydrogens is 296 g/mol. The van der Waals surface area contributed by atoms with Crippen LogP contribution in [0.5, 0.6) is 0 Å². The normalized spacial score (nSPS) is 53.1. The minimum atomic E-state index is 0.212. The Morgan fingerprint density at radius 1 is 1.08 bits per heavy atom. The van der Waals surface area contributed by atoms with Crippen LogP contribution in [0.4, 0.5) is 0 Å². The van der Waals surface area contributed by atoms with Gasteiger partial charge in [0.05, 0.1) is 0 Å². The highest BCUT2D eigenvalue weighted by Crippen LogP contribution is 2.64. The largest absolute Gasteiger partial charge is 0.508 e. The van der Waals surface area contributed by atoms with E-state index < -0.39 is 0 Å². The predicted octanol–water partition coefficient (Wildman–Crippen LogP) is 3.64. The lowest BCUT2D eigenvalue weighted by Gasteiger charge is -2.60. The number of nitrogens with one attached hydrogen (secondary N) is 2. The van der Waals surface area contributed by atoms with Crippen molar-refractivity contribution in [2.75, 3.05) is 14.1 Å². The second kappa shape index (κ2) is 5.60. The third-order valence-electron chi connectivity index (χ3n) is 8.61. The molecule has 4 rings (SSSR count). The van der Waals surface area contributed by atoms with Gasteiger partial charge in [-0.1, -0.05) is 19.9 Å². The number of rotatable bonds is 2. The molecule has 134 valence electrons. The summed E-state index contributed by atoms with van der Waals surface area (Å²) in [5.41, 5.74) is 0.661. The molecule has 0 bridgehead atoms. The van der Waals surface area contributed by atoms with E-state index in [1.165, 1.54) is 25.7 Å². The Bertz CT molecular complexity index is 570. The average Bonchev–Trinajstić information content (AvgIpc) is 2.91. The fourth-order valence-corrected chi connectivity index (χ4v) is 7.25. The first-order valence-electron chi connectivity index (χ1n) is 9.88. The Balaban J connectivity index is 1.72. The van der Waals surface area contributed by atoms with Gasteiger partial charge in [-0.25, -0.2) is 0 Å². The van der Waals surface area contributed by atoms with Gasteiger partial charge in [-0.15, -0.1) is 0 Å². The second-order valence-electron chi connectivity index (χ2n) is 9.28. The molecule has 3 N–H and O–H groups in total. The summed E-state index contributed by atoms with van der Waals surface area (Å²) in [6.07, 6.45) is 12.9. The Hall–Kier alpha value is -0.800. The molecular formula is C21H34N2O. The van der Waals surface area contributed by atoms with Gasteiger partial charge in [0.25, 0.3) is 0 Å². The molecule has 0 aromatic carbocycles. The maximum atomic E-state index is 10.0. The molecule has 3 nitrogen and oxygen atoms in total. The quantitative estimate of drug-likeness (QED) is 0.724. The van der Waals surface area contributed by atoms with Crippen molar-refractivity contribution in [3.63, 3.8) is 0 Å². The zero-order valence-electron chi connectivity index (χ0n) is 15.7. The first-order chi connectivity index (χ1) is 11.4. The SMILES string of the molecule is CNC1CC2C=C(O)C=C[C@]2(C)[C@@H]2CC[C@]3(C)C(NC)CC[C@H]3[C@H]12. The van der Waals surface area contributed by atoms with Crippen LogP contribution in [-0.4, -0.2) is 31.3 Å². The monoisotopic (exact) mass is 330 g/mol. The van der Waals surface area contributed by atoms with Gasteiger partial charge in [0, 0.05) is 12.1 Å². The van der Waals surface area contributed by atoms with Crippen LogP contribution < -0.4 is 10.6 Å². The molecule has 0 spiro atoms. The van der Waals surface area contributed by atoms with Crippen molar-refractivity contribution >= 4 is 0 Å². The fraction of sp³-hybridized carbons (Fsp3) is 0.810. The molecule has 4 aliphatic rings. The maximum absolute atomic E-state index is 10.0. The third-order valence-corrected chi connectivity index (χ3v) is 8.61.